The number of carbonyl (C=O) groups is 2. The molecule has 0 radical (unpaired) electrons. The third-order valence-electron chi connectivity index (χ3n) is 4.11. The van der Waals surface area contributed by atoms with Gasteiger partial charge < -0.3 is 15.4 Å². The molecule has 0 spiro atoms. The largest absolute Gasteiger partial charge is 0.484 e. The Labute approximate surface area is 131 Å². The average Bonchev–Trinajstić information content (AvgIpc) is 2.95. The molecule has 5 heteroatoms. The van der Waals surface area contributed by atoms with E-state index in [9.17, 15) is 9.59 Å². The topological polar surface area (TPSA) is 67.4 Å². The Morgan fingerprint density at radius 1 is 1.18 bits per heavy atom. The molecule has 0 heterocycles. The molecule has 0 aliphatic heterocycles. The van der Waals surface area contributed by atoms with E-state index in [4.69, 9.17) is 4.74 Å². The van der Waals surface area contributed by atoms with Crippen LogP contribution in [0.2, 0.25) is 0 Å². The van der Waals surface area contributed by atoms with Crippen LogP contribution in [0.25, 0.3) is 0 Å². The van der Waals surface area contributed by atoms with E-state index >= 15 is 0 Å². The number of anilines is 1. The predicted octanol–water partition coefficient (Wildman–Crippen LogP) is 2.72. The summed E-state index contributed by atoms with van der Waals surface area (Å²) in [4.78, 5) is 23.6. The molecule has 120 valence electrons. The fourth-order valence-corrected chi connectivity index (χ4v) is 2.70. The van der Waals surface area contributed by atoms with Crippen molar-refractivity contribution in [1.82, 2.24) is 5.32 Å². The fraction of sp³-hybridized carbons (Fsp3) is 0.529. The molecule has 0 aromatic heterocycles. The zero-order chi connectivity index (χ0) is 16.0. The Morgan fingerprint density at radius 2 is 1.82 bits per heavy atom. The maximum Gasteiger partial charge on any atom is 0.257 e. The van der Waals surface area contributed by atoms with Crippen molar-refractivity contribution in [3.05, 3.63) is 24.3 Å². The molecule has 2 rings (SSSR count). The predicted molar refractivity (Wildman–Crippen MR) is 85.8 cm³/mol. The van der Waals surface area contributed by atoms with Crippen LogP contribution in [0.3, 0.4) is 0 Å². The quantitative estimate of drug-likeness (QED) is 0.849. The fourth-order valence-electron chi connectivity index (χ4n) is 2.70. The van der Waals surface area contributed by atoms with Crippen LogP contribution in [0.1, 0.15) is 39.5 Å². The molecule has 0 saturated heterocycles. The number of likely N-dealkylation sites (N-methyl/N-ethyl adjacent to an activating group) is 1. The summed E-state index contributed by atoms with van der Waals surface area (Å²) in [6.07, 6.45) is 4.15. The van der Waals surface area contributed by atoms with Crippen LogP contribution in [0.15, 0.2) is 24.3 Å². The van der Waals surface area contributed by atoms with E-state index in [1.807, 2.05) is 13.8 Å². The van der Waals surface area contributed by atoms with Crippen molar-refractivity contribution in [2.45, 2.75) is 39.5 Å². The summed E-state index contributed by atoms with van der Waals surface area (Å²) in [6.45, 7) is 4.48. The molecule has 22 heavy (non-hydrogen) atoms. The van der Waals surface area contributed by atoms with Crippen LogP contribution < -0.4 is 15.4 Å². The summed E-state index contributed by atoms with van der Waals surface area (Å²) in [6, 6.07) is 7.10. The SMILES string of the molecule is CCNC(=O)COc1ccc(NC(=O)C2(C)CCCC2)cc1. The zero-order valence-electron chi connectivity index (χ0n) is 13.3. The van der Waals surface area contributed by atoms with Gasteiger partial charge in [-0.3, -0.25) is 9.59 Å². The Bertz CT molecular complexity index is 519. The molecule has 1 aliphatic carbocycles. The van der Waals surface area contributed by atoms with Gasteiger partial charge in [-0.05, 0) is 44.0 Å². The van der Waals surface area contributed by atoms with E-state index in [0.29, 0.717) is 12.3 Å². The van der Waals surface area contributed by atoms with Crippen molar-refractivity contribution in [3.8, 4) is 5.75 Å². The lowest BCUT2D eigenvalue weighted by atomic mass is 9.88. The molecule has 1 aromatic rings. The summed E-state index contributed by atoms with van der Waals surface area (Å²) >= 11 is 0. The van der Waals surface area contributed by atoms with Gasteiger partial charge in [-0.25, -0.2) is 0 Å². The molecule has 0 unspecified atom stereocenters. The van der Waals surface area contributed by atoms with Gasteiger partial charge in [0.1, 0.15) is 5.75 Å². The molecule has 1 aliphatic rings. The van der Waals surface area contributed by atoms with Gasteiger partial charge >= 0.3 is 0 Å². The van der Waals surface area contributed by atoms with Crippen molar-refractivity contribution in [2.75, 3.05) is 18.5 Å². The van der Waals surface area contributed by atoms with E-state index in [1.165, 1.54) is 0 Å². The van der Waals surface area contributed by atoms with Crippen LogP contribution in [-0.2, 0) is 9.59 Å². The summed E-state index contributed by atoms with van der Waals surface area (Å²) in [5.41, 5.74) is 0.511. The standard InChI is InChI=1S/C17H24N2O3/c1-3-18-15(20)12-22-14-8-6-13(7-9-14)19-16(21)17(2)10-4-5-11-17/h6-9H,3-5,10-12H2,1-2H3,(H,18,20)(H,19,21). The highest BCUT2D eigenvalue weighted by Crippen LogP contribution is 2.38. The van der Waals surface area contributed by atoms with E-state index in [-0.39, 0.29) is 23.8 Å². The second-order valence-corrected chi connectivity index (χ2v) is 5.99. The number of amides is 2. The Balaban J connectivity index is 1.86. The molecule has 1 saturated carbocycles. The molecule has 0 bridgehead atoms. The molecule has 2 amide bonds. The maximum atomic E-state index is 12.3. The minimum absolute atomic E-state index is 0.00236. The molecule has 1 aromatic carbocycles. The molecule has 2 N–H and O–H groups in total. The van der Waals surface area contributed by atoms with Gasteiger partial charge in [-0.1, -0.05) is 19.8 Å². The zero-order valence-corrected chi connectivity index (χ0v) is 13.3. The van der Waals surface area contributed by atoms with Gasteiger partial charge in [0.15, 0.2) is 6.61 Å². The lowest BCUT2D eigenvalue weighted by Crippen LogP contribution is -2.30. The van der Waals surface area contributed by atoms with E-state index in [0.717, 1.165) is 31.4 Å². The normalized spacial score (nSPS) is 16.1. The monoisotopic (exact) mass is 304 g/mol. The number of ether oxygens (including phenoxy) is 1. The molecule has 1 fully saturated rings. The van der Waals surface area contributed by atoms with E-state index in [2.05, 4.69) is 10.6 Å². The van der Waals surface area contributed by atoms with Gasteiger partial charge in [-0.15, -0.1) is 0 Å². The highest BCUT2D eigenvalue weighted by molar-refractivity contribution is 5.95. The number of nitrogens with one attached hydrogen (secondary N) is 2. The Hall–Kier alpha value is -2.04. The minimum Gasteiger partial charge on any atom is -0.484 e. The first-order valence-electron chi connectivity index (χ1n) is 7.84. The van der Waals surface area contributed by atoms with Crippen LogP contribution in [0.4, 0.5) is 5.69 Å². The van der Waals surface area contributed by atoms with Crippen LogP contribution in [-0.4, -0.2) is 25.0 Å². The number of benzene rings is 1. The molecular weight excluding hydrogens is 280 g/mol. The van der Waals surface area contributed by atoms with Crippen LogP contribution >= 0.6 is 0 Å². The first-order chi connectivity index (χ1) is 10.5. The molecular formula is C17H24N2O3. The third-order valence-corrected chi connectivity index (χ3v) is 4.11. The second kappa shape index (κ2) is 7.29. The van der Waals surface area contributed by atoms with Crippen molar-refractivity contribution in [1.29, 1.82) is 0 Å². The Morgan fingerprint density at radius 3 is 2.41 bits per heavy atom. The van der Waals surface area contributed by atoms with Crippen molar-refractivity contribution in [2.24, 2.45) is 5.41 Å². The summed E-state index contributed by atoms with van der Waals surface area (Å²) in [5, 5.41) is 5.63. The first-order valence-corrected chi connectivity index (χ1v) is 7.84. The second-order valence-electron chi connectivity index (χ2n) is 5.99. The van der Waals surface area contributed by atoms with E-state index < -0.39 is 0 Å². The summed E-state index contributed by atoms with van der Waals surface area (Å²) in [5.74, 6) is 0.548. The minimum atomic E-state index is -0.243. The highest BCUT2D eigenvalue weighted by Gasteiger charge is 2.36. The smallest absolute Gasteiger partial charge is 0.257 e. The van der Waals surface area contributed by atoms with Gasteiger partial charge in [0.05, 0.1) is 0 Å². The molecule has 0 atom stereocenters. The van der Waals surface area contributed by atoms with Crippen molar-refractivity contribution in [3.63, 3.8) is 0 Å². The summed E-state index contributed by atoms with van der Waals surface area (Å²) in [7, 11) is 0. The van der Waals surface area contributed by atoms with Gasteiger partial charge in [0.25, 0.3) is 5.91 Å². The average molecular weight is 304 g/mol. The number of carbonyl (C=O) groups excluding carboxylic acids is 2. The van der Waals surface area contributed by atoms with Gasteiger partial charge in [0, 0.05) is 17.6 Å². The van der Waals surface area contributed by atoms with Crippen LogP contribution in [0.5, 0.6) is 5.75 Å². The Kier molecular flexibility index (Phi) is 5.41. The lowest BCUT2D eigenvalue weighted by Gasteiger charge is -2.22. The van der Waals surface area contributed by atoms with Gasteiger partial charge in [0.2, 0.25) is 5.91 Å². The number of hydrogen-bond acceptors (Lipinski definition) is 3. The summed E-state index contributed by atoms with van der Waals surface area (Å²) < 4.78 is 5.38. The maximum absolute atomic E-state index is 12.3. The van der Waals surface area contributed by atoms with Crippen molar-refractivity contribution < 1.29 is 14.3 Å². The third kappa shape index (κ3) is 4.23. The number of rotatable bonds is 6. The van der Waals surface area contributed by atoms with Crippen LogP contribution in [0, 0.1) is 5.41 Å². The lowest BCUT2D eigenvalue weighted by molar-refractivity contribution is -0.124. The molecule has 5 nitrogen and oxygen atoms in total. The first kappa shape index (κ1) is 16.3. The highest BCUT2D eigenvalue weighted by atomic mass is 16.5. The number of hydrogen-bond donors (Lipinski definition) is 2. The van der Waals surface area contributed by atoms with E-state index in [1.54, 1.807) is 24.3 Å². The van der Waals surface area contributed by atoms with Gasteiger partial charge in [-0.2, -0.15) is 0 Å². The van der Waals surface area contributed by atoms with Crippen molar-refractivity contribution >= 4 is 17.5 Å².